The van der Waals surface area contributed by atoms with Gasteiger partial charge in [-0.25, -0.2) is 0 Å². The van der Waals surface area contributed by atoms with Gasteiger partial charge in [-0.2, -0.15) is 0 Å². The Morgan fingerprint density at radius 2 is 2.21 bits per heavy atom. The predicted molar refractivity (Wildman–Crippen MR) is 77.5 cm³/mol. The fraction of sp³-hybridized carbons (Fsp3) is 0.625. The number of rotatable bonds is 5. The second-order valence-electron chi connectivity index (χ2n) is 6.29. The zero-order chi connectivity index (χ0) is 13.7. The highest BCUT2D eigenvalue weighted by molar-refractivity contribution is 5.28. The highest BCUT2D eigenvalue weighted by Gasteiger charge is 2.16. The quantitative estimate of drug-likeness (QED) is 0.886. The Bertz CT molecular complexity index is 392. The lowest BCUT2D eigenvalue weighted by molar-refractivity contribution is 0.167. The zero-order valence-corrected chi connectivity index (χ0v) is 12.2. The zero-order valence-electron chi connectivity index (χ0n) is 12.2. The lowest BCUT2D eigenvalue weighted by Gasteiger charge is -2.20. The highest BCUT2D eigenvalue weighted by Crippen LogP contribution is 2.18. The molecule has 0 radical (unpaired) electrons. The monoisotopic (exact) mass is 263 g/mol. The van der Waals surface area contributed by atoms with Crippen LogP contribution in [0.25, 0.3) is 0 Å². The van der Waals surface area contributed by atoms with Crippen LogP contribution in [-0.2, 0) is 11.3 Å². The van der Waals surface area contributed by atoms with Crippen LogP contribution in [0.3, 0.4) is 0 Å². The van der Waals surface area contributed by atoms with E-state index in [-0.39, 0.29) is 5.54 Å². The van der Waals surface area contributed by atoms with Gasteiger partial charge in [0.25, 0.3) is 0 Å². The van der Waals surface area contributed by atoms with Crippen molar-refractivity contribution in [3.63, 3.8) is 0 Å². The summed E-state index contributed by atoms with van der Waals surface area (Å²) in [5.74, 6) is 1.51. The van der Waals surface area contributed by atoms with Crippen molar-refractivity contribution in [2.75, 3.05) is 19.8 Å². The first-order valence-corrected chi connectivity index (χ1v) is 7.07. The van der Waals surface area contributed by atoms with Gasteiger partial charge in [0.05, 0.1) is 13.2 Å². The van der Waals surface area contributed by atoms with Crippen LogP contribution in [0.2, 0.25) is 0 Å². The second-order valence-corrected chi connectivity index (χ2v) is 6.29. The van der Waals surface area contributed by atoms with Gasteiger partial charge >= 0.3 is 0 Å². The summed E-state index contributed by atoms with van der Waals surface area (Å²) in [5, 5.41) is 3.49. The van der Waals surface area contributed by atoms with Crippen LogP contribution < -0.4 is 10.1 Å². The van der Waals surface area contributed by atoms with Gasteiger partial charge in [-0.1, -0.05) is 12.1 Å². The molecule has 1 saturated heterocycles. The molecule has 1 aromatic carbocycles. The molecule has 3 heteroatoms. The van der Waals surface area contributed by atoms with Crippen molar-refractivity contribution in [1.29, 1.82) is 0 Å². The third kappa shape index (κ3) is 5.21. The van der Waals surface area contributed by atoms with E-state index in [1.807, 2.05) is 6.07 Å². The van der Waals surface area contributed by atoms with Gasteiger partial charge in [0.15, 0.2) is 0 Å². The Morgan fingerprint density at radius 3 is 2.89 bits per heavy atom. The minimum Gasteiger partial charge on any atom is -0.493 e. The third-order valence-electron chi connectivity index (χ3n) is 3.23. The molecule has 2 rings (SSSR count). The van der Waals surface area contributed by atoms with Gasteiger partial charge in [-0.05, 0) is 44.9 Å². The average molecular weight is 263 g/mol. The standard InChI is InChI=1S/C16H25NO2/c1-16(2,3)17-10-13-5-4-6-15(9-13)19-12-14-7-8-18-11-14/h4-6,9,14,17H,7-8,10-12H2,1-3H3. The maximum absolute atomic E-state index is 5.85. The molecule has 1 N–H and O–H groups in total. The molecule has 106 valence electrons. The summed E-state index contributed by atoms with van der Waals surface area (Å²) in [4.78, 5) is 0. The summed E-state index contributed by atoms with van der Waals surface area (Å²) in [6, 6.07) is 8.33. The lowest BCUT2D eigenvalue weighted by atomic mass is 10.1. The van der Waals surface area contributed by atoms with Crippen LogP contribution in [-0.4, -0.2) is 25.4 Å². The molecule has 0 bridgehead atoms. The van der Waals surface area contributed by atoms with Crippen molar-refractivity contribution in [2.24, 2.45) is 5.92 Å². The van der Waals surface area contributed by atoms with E-state index in [2.05, 4.69) is 44.3 Å². The number of benzene rings is 1. The van der Waals surface area contributed by atoms with Gasteiger partial charge in [0.2, 0.25) is 0 Å². The summed E-state index contributed by atoms with van der Waals surface area (Å²) in [5.41, 5.74) is 1.40. The molecule has 1 heterocycles. The van der Waals surface area contributed by atoms with Crippen molar-refractivity contribution in [3.05, 3.63) is 29.8 Å². The molecule has 1 aromatic rings. The third-order valence-corrected chi connectivity index (χ3v) is 3.23. The molecule has 0 spiro atoms. The van der Waals surface area contributed by atoms with Crippen molar-refractivity contribution < 1.29 is 9.47 Å². The SMILES string of the molecule is CC(C)(C)NCc1cccc(OCC2CCOC2)c1. The van der Waals surface area contributed by atoms with Crippen molar-refractivity contribution >= 4 is 0 Å². The molecular weight excluding hydrogens is 238 g/mol. The fourth-order valence-electron chi connectivity index (χ4n) is 2.04. The molecule has 0 aromatic heterocycles. The van der Waals surface area contributed by atoms with E-state index in [0.29, 0.717) is 5.92 Å². The molecule has 1 aliphatic rings. The Morgan fingerprint density at radius 1 is 1.37 bits per heavy atom. The summed E-state index contributed by atoms with van der Waals surface area (Å²) in [7, 11) is 0. The van der Waals surface area contributed by atoms with E-state index in [1.54, 1.807) is 0 Å². The van der Waals surface area contributed by atoms with Gasteiger partial charge < -0.3 is 14.8 Å². The minimum atomic E-state index is 0.137. The van der Waals surface area contributed by atoms with Crippen molar-refractivity contribution in [1.82, 2.24) is 5.32 Å². The first-order chi connectivity index (χ1) is 9.03. The molecule has 1 unspecified atom stereocenters. The number of ether oxygens (including phenoxy) is 2. The van der Waals surface area contributed by atoms with Crippen LogP contribution in [0.4, 0.5) is 0 Å². The van der Waals surface area contributed by atoms with Crippen molar-refractivity contribution in [3.8, 4) is 5.75 Å². The summed E-state index contributed by atoms with van der Waals surface area (Å²) in [6.45, 7) is 9.87. The molecule has 3 nitrogen and oxygen atoms in total. The Kier molecular flexibility index (Phi) is 4.83. The first-order valence-electron chi connectivity index (χ1n) is 7.07. The minimum absolute atomic E-state index is 0.137. The van der Waals surface area contributed by atoms with Gasteiger partial charge in [0, 0.05) is 24.6 Å². The molecular formula is C16H25NO2. The topological polar surface area (TPSA) is 30.5 Å². The number of hydrogen-bond acceptors (Lipinski definition) is 3. The number of nitrogens with one attached hydrogen (secondary N) is 1. The van der Waals surface area contributed by atoms with E-state index in [0.717, 1.165) is 38.5 Å². The van der Waals surface area contributed by atoms with E-state index < -0.39 is 0 Å². The first kappa shape index (κ1) is 14.4. The Labute approximate surface area is 116 Å². The fourth-order valence-corrected chi connectivity index (χ4v) is 2.04. The van der Waals surface area contributed by atoms with Crippen molar-refractivity contribution in [2.45, 2.75) is 39.3 Å². The molecule has 0 aliphatic carbocycles. The molecule has 1 fully saturated rings. The van der Waals surface area contributed by atoms with Crippen LogP contribution in [0, 0.1) is 5.92 Å². The van der Waals surface area contributed by atoms with E-state index in [9.17, 15) is 0 Å². The van der Waals surface area contributed by atoms with Crippen LogP contribution in [0.5, 0.6) is 5.75 Å². The van der Waals surface area contributed by atoms with Gasteiger partial charge in [-0.3, -0.25) is 0 Å². The average Bonchev–Trinajstić information content (AvgIpc) is 2.87. The maximum atomic E-state index is 5.85. The summed E-state index contributed by atoms with van der Waals surface area (Å²) >= 11 is 0. The molecule has 0 saturated carbocycles. The van der Waals surface area contributed by atoms with Gasteiger partial charge in [0.1, 0.15) is 5.75 Å². The lowest BCUT2D eigenvalue weighted by Crippen LogP contribution is -2.35. The summed E-state index contributed by atoms with van der Waals surface area (Å²) < 4.78 is 11.2. The summed E-state index contributed by atoms with van der Waals surface area (Å²) in [6.07, 6.45) is 1.12. The predicted octanol–water partition coefficient (Wildman–Crippen LogP) is 2.99. The molecule has 0 amide bonds. The molecule has 1 atom stereocenters. The molecule has 1 aliphatic heterocycles. The highest BCUT2D eigenvalue weighted by atomic mass is 16.5. The van der Waals surface area contributed by atoms with Crippen LogP contribution in [0.15, 0.2) is 24.3 Å². The van der Waals surface area contributed by atoms with Gasteiger partial charge in [-0.15, -0.1) is 0 Å². The van der Waals surface area contributed by atoms with Crippen LogP contribution in [0.1, 0.15) is 32.8 Å². The normalized spacial score (nSPS) is 19.6. The smallest absolute Gasteiger partial charge is 0.119 e. The number of hydrogen-bond donors (Lipinski definition) is 1. The Balaban J connectivity index is 1.84. The van der Waals surface area contributed by atoms with E-state index in [1.165, 1.54) is 5.56 Å². The van der Waals surface area contributed by atoms with E-state index >= 15 is 0 Å². The maximum Gasteiger partial charge on any atom is 0.119 e. The van der Waals surface area contributed by atoms with E-state index in [4.69, 9.17) is 9.47 Å². The largest absolute Gasteiger partial charge is 0.493 e. The van der Waals surface area contributed by atoms with Crippen LogP contribution >= 0.6 is 0 Å². The molecule has 19 heavy (non-hydrogen) atoms. The Hall–Kier alpha value is -1.06. The second kappa shape index (κ2) is 6.40.